The van der Waals surface area contributed by atoms with Gasteiger partial charge < -0.3 is 10.2 Å². The normalized spacial score (nSPS) is 20.2. The van der Waals surface area contributed by atoms with E-state index in [0.717, 1.165) is 63.4 Å². The number of nitrogens with zero attached hydrogens (tertiary/aromatic N) is 3. The first-order valence-corrected chi connectivity index (χ1v) is 9.65. The van der Waals surface area contributed by atoms with Crippen molar-refractivity contribution in [2.75, 3.05) is 51.1 Å². The van der Waals surface area contributed by atoms with Crippen LogP contribution in [0.25, 0.3) is 0 Å². The number of benzene rings is 1. The Labute approximate surface area is 156 Å². The fourth-order valence-corrected chi connectivity index (χ4v) is 3.68. The summed E-state index contributed by atoms with van der Waals surface area (Å²) in [4.78, 5) is 31.2. The maximum absolute atomic E-state index is 12.6. The number of carbonyl (C=O) groups is 2. The fraction of sp³-hybridized carbons (Fsp3) is 0.600. The van der Waals surface area contributed by atoms with E-state index >= 15 is 0 Å². The van der Waals surface area contributed by atoms with E-state index in [2.05, 4.69) is 15.1 Å². The Morgan fingerprint density at radius 3 is 2.35 bits per heavy atom. The molecule has 2 saturated heterocycles. The van der Waals surface area contributed by atoms with Crippen molar-refractivity contribution in [1.82, 2.24) is 14.7 Å². The van der Waals surface area contributed by atoms with E-state index in [4.69, 9.17) is 0 Å². The number of hydrogen-bond acceptors (Lipinski definition) is 4. The molecule has 0 saturated carbocycles. The van der Waals surface area contributed by atoms with Gasteiger partial charge in [0.1, 0.15) is 0 Å². The second-order valence-electron chi connectivity index (χ2n) is 7.38. The maximum atomic E-state index is 12.6. The summed E-state index contributed by atoms with van der Waals surface area (Å²) in [5, 5.41) is 3.03. The highest BCUT2D eigenvalue weighted by Gasteiger charge is 2.27. The summed E-state index contributed by atoms with van der Waals surface area (Å²) in [6.07, 6.45) is 2.26. The summed E-state index contributed by atoms with van der Waals surface area (Å²) < 4.78 is 0. The summed E-state index contributed by atoms with van der Waals surface area (Å²) in [6, 6.07) is 7.66. The molecule has 0 bridgehead atoms. The van der Waals surface area contributed by atoms with Crippen LogP contribution in [-0.2, 0) is 9.59 Å². The zero-order valence-corrected chi connectivity index (χ0v) is 15.9. The van der Waals surface area contributed by atoms with Gasteiger partial charge in [0.25, 0.3) is 0 Å². The van der Waals surface area contributed by atoms with Crippen LogP contribution in [0.3, 0.4) is 0 Å². The van der Waals surface area contributed by atoms with Crippen molar-refractivity contribution in [3.63, 3.8) is 0 Å². The number of anilines is 1. The van der Waals surface area contributed by atoms with Crippen molar-refractivity contribution in [1.29, 1.82) is 0 Å². The first-order chi connectivity index (χ1) is 12.5. The maximum Gasteiger partial charge on any atom is 0.241 e. The van der Waals surface area contributed by atoms with Crippen molar-refractivity contribution < 1.29 is 9.59 Å². The van der Waals surface area contributed by atoms with Gasteiger partial charge in [0.2, 0.25) is 11.8 Å². The molecule has 26 heavy (non-hydrogen) atoms. The van der Waals surface area contributed by atoms with Gasteiger partial charge in [-0.05, 0) is 38.3 Å². The lowest BCUT2D eigenvalue weighted by Gasteiger charge is -2.37. The molecular formula is C20H30N4O2. The largest absolute Gasteiger partial charge is 0.342 e. The van der Waals surface area contributed by atoms with Crippen LogP contribution in [-0.4, -0.2) is 78.4 Å². The van der Waals surface area contributed by atoms with E-state index in [1.54, 1.807) is 0 Å². The SMILES string of the molecule is Cc1ccccc1NC(=O)C(C)N1CCN(CC(=O)N2CCCC2)CC1. The summed E-state index contributed by atoms with van der Waals surface area (Å²) in [7, 11) is 0. The number of amides is 2. The Hall–Kier alpha value is -1.92. The number of piperazine rings is 1. The molecule has 0 radical (unpaired) electrons. The van der Waals surface area contributed by atoms with Gasteiger partial charge in [-0.15, -0.1) is 0 Å². The molecule has 3 rings (SSSR count). The van der Waals surface area contributed by atoms with Crippen LogP contribution in [0.4, 0.5) is 5.69 Å². The molecule has 2 aliphatic heterocycles. The van der Waals surface area contributed by atoms with Crippen molar-refractivity contribution >= 4 is 17.5 Å². The molecule has 1 unspecified atom stereocenters. The Morgan fingerprint density at radius 2 is 1.69 bits per heavy atom. The van der Waals surface area contributed by atoms with Crippen molar-refractivity contribution in [2.24, 2.45) is 0 Å². The summed E-state index contributed by atoms with van der Waals surface area (Å²) in [6.45, 7) is 9.59. The lowest BCUT2D eigenvalue weighted by Crippen LogP contribution is -2.54. The van der Waals surface area contributed by atoms with Gasteiger partial charge in [-0.2, -0.15) is 0 Å². The van der Waals surface area contributed by atoms with E-state index in [0.29, 0.717) is 6.54 Å². The molecule has 2 aliphatic rings. The van der Waals surface area contributed by atoms with Crippen LogP contribution in [0.15, 0.2) is 24.3 Å². The van der Waals surface area contributed by atoms with Gasteiger partial charge in [-0.25, -0.2) is 0 Å². The van der Waals surface area contributed by atoms with Crippen LogP contribution >= 0.6 is 0 Å². The first-order valence-electron chi connectivity index (χ1n) is 9.65. The molecule has 2 amide bonds. The van der Waals surface area contributed by atoms with Crippen molar-refractivity contribution in [3.05, 3.63) is 29.8 Å². The predicted molar refractivity (Wildman–Crippen MR) is 103 cm³/mol. The Kier molecular flexibility index (Phi) is 6.27. The van der Waals surface area contributed by atoms with Crippen LogP contribution in [0.2, 0.25) is 0 Å². The number of likely N-dealkylation sites (tertiary alicyclic amines) is 1. The second kappa shape index (κ2) is 8.64. The molecule has 1 N–H and O–H groups in total. The van der Waals surface area contributed by atoms with Gasteiger partial charge in [0.05, 0.1) is 12.6 Å². The zero-order chi connectivity index (χ0) is 18.5. The van der Waals surface area contributed by atoms with Crippen molar-refractivity contribution in [2.45, 2.75) is 32.7 Å². The van der Waals surface area contributed by atoms with Crippen LogP contribution in [0, 0.1) is 6.92 Å². The van der Waals surface area contributed by atoms with Crippen molar-refractivity contribution in [3.8, 4) is 0 Å². The van der Waals surface area contributed by atoms with Gasteiger partial charge in [0, 0.05) is 45.0 Å². The number of carbonyl (C=O) groups excluding carboxylic acids is 2. The fourth-order valence-electron chi connectivity index (χ4n) is 3.68. The molecule has 1 aromatic carbocycles. The highest BCUT2D eigenvalue weighted by molar-refractivity contribution is 5.95. The quantitative estimate of drug-likeness (QED) is 0.868. The third-order valence-corrected chi connectivity index (χ3v) is 5.55. The molecule has 6 heteroatoms. The van der Waals surface area contributed by atoms with E-state index in [-0.39, 0.29) is 17.9 Å². The average Bonchev–Trinajstić information content (AvgIpc) is 3.18. The summed E-state index contributed by atoms with van der Waals surface area (Å²) >= 11 is 0. The Bertz CT molecular complexity index is 634. The average molecular weight is 358 g/mol. The minimum atomic E-state index is -0.175. The van der Waals surface area contributed by atoms with Crippen LogP contribution in [0.1, 0.15) is 25.3 Å². The van der Waals surface area contributed by atoms with Gasteiger partial charge in [-0.3, -0.25) is 19.4 Å². The predicted octanol–water partition coefficient (Wildman–Crippen LogP) is 1.56. The van der Waals surface area contributed by atoms with Gasteiger partial charge >= 0.3 is 0 Å². The molecule has 2 heterocycles. The molecule has 0 spiro atoms. The van der Waals surface area contributed by atoms with E-state index < -0.39 is 0 Å². The zero-order valence-electron chi connectivity index (χ0n) is 15.9. The van der Waals surface area contributed by atoms with E-state index in [9.17, 15) is 9.59 Å². The number of nitrogens with one attached hydrogen (secondary N) is 1. The monoisotopic (exact) mass is 358 g/mol. The molecule has 142 valence electrons. The smallest absolute Gasteiger partial charge is 0.241 e. The highest BCUT2D eigenvalue weighted by Crippen LogP contribution is 2.15. The van der Waals surface area contributed by atoms with Crippen LogP contribution < -0.4 is 5.32 Å². The molecular weight excluding hydrogens is 328 g/mol. The van der Waals surface area contributed by atoms with E-state index in [1.807, 2.05) is 43.0 Å². The molecule has 6 nitrogen and oxygen atoms in total. The summed E-state index contributed by atoms with van der Waals surface area (Å²) in [5.74, 6) is 0.280. The molecule has 0 aliphatic carbocycles. The molecule has 2 fully saturated rings. The number of aryl methyl sites for hydroxylation is 1. The Balaban J connectivity index is 1.45. The third kappa shape index (κ3) is 4.62. The number of hydrogen-bond donors (Lipinski definition) is 1. The van der Waals surface area contributed by atoms with Gasteiger partial charge in [0.15, 0.2) is 0 Å². The summed E-state index contributed by atoms with van der Waals surface area (Å²) in [5.41, 5.74) is 1.94. The molecule has 1 atom stereocenters. The highest BCUT2D eigenvalue weighted by atomic mass is 16.2. The number of rotatable bonds is 5. The number of para-hydroxylation sites is 1. The second-order valence-corrected chi connectivity index (χ2v) is 7.38. The molecule has 1 aromatic rings. The van der Waals surface area contributed by atoms with Gasteiger partial charge in [-0.1, -0.05) is 18.2 Å². The topological polar surface area (TPSA) is 55.9 Å². The Morgan fingerprint density at radius 1 is 1.04 bits per heavy atom. The third-order valence-electron chi connectivity index (χ3n) is 5.55. The molecule has 0 aromatic heterocycles. The minimum Gasteiger partial charge on any atom is -0.342 e. The lowest BCUT2D eigenvalue weighted by atomic mass is 10.1. The lowest BCUT2D eigenvalue weighted by molar-refractivity contribution is -0.132. The van der Waals surface area contributed by atoms with E-state index in [1.165, 1.54) is 0 Å². The minimum absolute atomic E-state index is 0.0286. The van der Waals surface area contributed by atoms with Crippen LogP contribution in [0.5, 0.6) is 0 Å². The standard InChI is InChI=1S/C20H30N4O2/c1-16-7-3-4-8-18(16)21-20(26)17(2)23-13-11-22(12-14-23)15-19(25)24-9-5-6-10-24/h3-4,7-8,17H,5-6,9-15H2,1-2H3,(H,21,26). The first kappa shape index (κ1) is 18.9.